The van der Waals surface area contributed by atoms with Crippen molar-refractivity contribution in [3.8, 4) is 0 Å². The molecular formula is C21H22FN5. The SMILES string of the molecule is CN(c1ccccc1)c1ccnc(N2CCN(c3ccc(F)cc3)CC2)n1. The minimum absolute atomic E-state index is 0.204. The molecule has 0 amide bonds. The van der Waals surface area contributed by atoms with Gasteiger partial charge in [0, 0.05) is 50.8 Å². The Morgan fingerprint density at radius 3 is 2.22 bits per heavy atom. The monoisotopic (exact) mass is 363 g/mol. The minimum Gasteiger partial charge on any atom is -0.368 e. The van der Waals surface area contributed by atoms with Gasteiger partial charge in [-0.15, -0.1) is 0 Å². The molecule has 1 fully saturated rings. The Hall–Kier alpha value is -3.15. The maximum atomic E-state index is 13.1. The van der Waals surface area contributed by atoms with Crippen LogP contribution in [0, 0.1) is 5.82 Å². The predicted octanol–water partition coefficient (Wildman–Crippen LogP) is 3.71. The van der Waals surface area contributed by atoms with Crippen molar-refractivity contribution >= 4 is 23.1 Å². The summed E-state index contributed by atoms with van der Waals surface area (Å²) >= 11 is 0. The van der Waals surface area contributed by atoms with E-state index in [9.17, 15) is 4.39 Å². The summed E-state index contributed by atoms with van der Waals surface area (Å²) in [6.07, 6.45) is 1.81. The highest BCUT2D eigenvalue weighted by atomic mass is 19.1. The van der Waals surface area contributed by atoms with Gasteiger partial charge in [0.1, 0.15) is 11.6 Å². The summed E-state index contributed by atoms with van der Waals surface area (Å²) in [5, 5.41) is 0. The highest BCUT2D eigenvalue weighted by Gasteiger charge is 2.20. The molecule has 0 aliphatic carbocycles. The second-order valence-corrected chi connectivity index (χ2v) is 6.56. The van der Waals surface area contributed by atoms with Gasteiger partial charge in [-0.2, -0.15) is 4.98 Å². The molecule has 6 heteroatoms. The summed E-state index contributed by atoms with van der Waals surface area (Å²) in [5.74, 6) is 1.41. The first kappa shape index (κ1) is 17.3. The lowest BCUT2D eigenvalue weighted by Gasteiger charge is -2.36. The summed E-state index contributed by atoms with van der Waals surface area (Å²) in [6.45, 7) is 3.37. The molecule has 0 atom stereocenters. The van der Waals surface area contributed by atoms with E-state index in [0.717, 1.165) is 49.3 Å². The molecule has 138 valence electrons. The van der Waals surface area contributed by atoms with Gasteiger partial charge in [-0.05, 0) is 42.5 Å². The van der Waals surface area contributed by atoms with Crippen LogP contribution in [-0.2, 0) is 0 Å². The number of piperazine rings is 1. The topological polar surface area (TPSA) is 35.5 Å². The van der Waals surface area contributed by atoms with Crippen molar-refractivity contribution in [2.45, 2.75) is 0 Å². The fourth-order valence-corrected chi connectivity index (χ4v) is 3.28. The number of benzene rings is 2. The number of nitrogens with zero attached hydrogens (tertiary/aromatic N) is 5. The zero-order valence-corrected chi connectivity index (χ0v) is 15.3. The molecule has 4 rings (SSSR count). The van der Waals surface area contributed by atoms with Crippen molar-refractivity contribution in [2.24, 2.45) is 0 Å². The van der Waals surface area contributed by atoms with Gasteiger partial charge in [0.2, 0.25) is 5.95 Å². The van der Waals surface area contributed by atoms with E-state index in [0.29, 0.717) is 0 Å². The van der Waals surface area contributed by atoms with Crippen LogP contribution in [0.4, 0.5) is 27.5 Å². The van der Waals surface area contributed by atoms with Crippen molar-refractivity contribution in [3.05, 3.63) is 72.7 Å². The van der Waals surface area contributed by atoms with E-state index in [1.165, 1.54) is 12.1 Å². The Labute approximate surface area is 158 Å². The Balaban J connectivity index is 1.45. The molecule has 0 radical (unpaired) electrons. The van der Waals surface area contributed by atoms with Crippen LogP contribution in [0.2, 0.25) is 0 Å². The molecule has 5 nitrogen and oxygen atoms in total. The summed E-state index contributed by atoms with van der Waals surface area (Å²) in [5.41, 5.74) is 2.14. The Morgan fingerprint density at radius 1 is 0.852 bits per heavy atom. The minimum atomic E-state index is -0.204. The van der Waals surface area contributed by atoms with E-state index in [1.54, 1.807) is 0 Å². The van der Waals surface area contributed by atoms with Gasteiger partial charge >= 0.3 is 0 Å². The number of anilines is 4. The Bertz CT molecular complexity index is 877. The normalized spacial score (nSPS) is 14.3. The fourth-order valence-electron chi connectivity index (χ4n) is 3.28. The number of para-hydroxylation sites is 1. The van der Waals surface area contributed by atoms with Gasteiger partial charge < -0.3 is 14.7 Å². The molecule has 0 spiro atoms. The molecule has 0 N–H and O–H groups in total. The molecule has 0 bridgehead atoms. The van der Waals surface area contributed by atoms with Crippen LogP contribution in [0.25, 0.3) is 0 Å². The average molecular weight is 363 g/mol. The summed E-state index contributed by atoms with van der Waals surface area (Å²) in [4.78, 5) is 15.7. The van der Waals surface area contributed by atoms with Crippen LogP contribution in [0.5, 0.6) is 0 Å². The van der Waals surface area contributed by atoms with Crippen molar-refractivity contribution in [3.63, 3.8) is 0 Å². The number of hydrogen-bond donors (Lipinski definition) is 0. The second-order valence-electron chi connectivity index (χ2n) is 6.56. The van der Waals surface area contributed by atoms with Crippen LogP contribution < -0.4 is 14.7 Å². The van der Waals surface area contributed by atoms with E-state index in [1.807, 2.05) is 49.6 Å². The first-order valence-corrected chi connectivity index (χ1v) is 9.08. The summed E-state index contributed by atoms with van der Waals surface area (Å²) in [6, 6.07) is 18.8. The van der Waals surface area contributed by atoms with Crippen molar-refractivity contribution in [2.75, 3.05) is 47.9 Å². The molecule has 0 unspecified atom stereocenters. The van der Waals surface area contributed by atoms with Crippen molar-refractivity contribution in [1.82, 2.24) is 9.97 Å². The van der Waals surface area contributed by atoms with Crippen molar-refractivity contribution in [1.29, 1.82) is 0 Å². The molecular weight excluding hydrogens is 341 g/mol. The predicted molar refractivity (Wildman–Crippen MR) is 107 cm³/mol. The molecule has 1 aliphatic heterocycles. The van der Waals surface area contributed by atoms with Gasteiger partial charge in [0.05, 0.1) is 0 Å². The van der Waals surface area contributed by atoms with Gasteiger partial charge in [-0.1, -0.05) is 18.2 Å². The summed E-state index contributed by atoms with van der Waals surface area (Å²) in [7, 11) is 2.01. The van der Waals surface area contributed by atoms with Crippen LogP contribution in [0.1, 0.15) is 0 Å². The lowest BCUT2D eigenvalue weighted by molar-refractivity contribution is 0.623. The quantitative estimate of drug-likeness (QED) is 0.706. The third-order valence-corrected chi connectivity index (χ3v) is 4.87. The van der Waals surface area contributed by atoms with Gasteiger partial charge in [0.25, 0.3) is 0 Å². The average Bonchev–Trinajstić information content (AvgIpc) is 2.75. The van der Waals surface area contributed by atoms with E-state index in [4.69, 9.17) is 4.98 Å². The fraction of sp³-hybridized carbons (Fsp3) is 0.238. The first-order chi connectivity index (χ1) is 13.2. The van der Waals surface area contributed by atoms with E-state index in [-0.39, 0.29) is 5.82 Å². The molecule has 2 heterocycles. The maximum absolute atomic E-state index is 13.1. The van der Waals surface area contributed by atoms with E-state index in [2.05, 4.69) is 31.8 Å². The van der Waals surface area contributed by atoms with Crippen molar-refractivity contribution < 1.29 is 4.39 Å². The summed E-state index contributed by atoms with van der Waals surface area (Å²) < 4.78 is 13.1. The Kier molecular flexibility index (Phi) is 4.87. The molecule has 0 saturated carbocycles. The van der Waals surface area contributed by atoms with Gasteiger partial charge in [0.15, 0.2) is 0 Å². The van der Waals surface area contributed by atoms with Crippen LogP contribution in [0.3, 0.4) is 0 Å². The van der Waals surface area contributed by atoms with Gasteiger partial charge in [-0.25, -0.2) is 9.37 Å². The molecule has 27 heavy (non-hydrogen) atoms. The molecule has 1 saturated heterocycles. The van der Waals surface area contributed by atoms with Gasteiger partial charge in [-0.3, -0.25) is 0 Å². The number of hydrogen-bond acceptors (Lipinski definition) is 5. The number of aromatic nitrogens is 2. The largest absolute Gasteiger partial charge is 0.368 e. The highest BCUT2D eigenvalue weighted by Crippen LogP contribution is 2.23. The maximum Gasteiger partial charge on any atom is 0.227 e. The Morgan fingerprint density at radius 2 is 1.52 bits per heavy atom. The molecule has 2 aromatic carbocycles. The van der Waals surface area contributed by atoms with Crippen LogP contribution in [-0.4, -0.2) is 43.2 Å². The number of rotatable bonds is 4. The van der Waals surface area contributed by atoms with E-state index < -0.39 is 0 Å². The van der Waals surface area contributed by atoms with Crippen LogP contribution >= 0.6 is 0 Å². The standard InChI is InChI=1S/C21H22FN5/c1-25(18-5-3-2-4-6-18)20-11-12-23-21(24-20)27-15-13-26(14-16-27)19-9-7-17(22)8-10-19/h2-12H,13-16H2,1H3. The lowest BCUT2D eigenvalue weighted by atomic mass is 10.2. The smallest absolute Gasteiger partial charge is 0.227 e. The van der Waals surface area contributed by atoms with E-state index >= 15 is 0 Å². The molecule has 1 aromatic heterocycles. The zero-order valence-electron chi connectivity index (χ0n) is 15.3. The third kappa shape index (κ3) is 3.84. The first-order valence-electron chi connectivity index (χ1n) is 9.08. The second kappa shape index (κ2) is 7.61. The number of halogens is 1. The highest BCUT2D eigenvalue weighted by molar-refractivity contribution is 5.59. The third-order valence-electron chi connectivity index (χ3n) is 4.87. The van der Waals surface area contributed by atoms with Crippen LogP contribution in [0.15, 0.2) is 66.9 Å². The zero-order chi connectivity index (χ0) is 18.6. The molecule has 3 aromatic rings. The lowest BCUT2D eigenvalue weighted by Crippen LogP contribution is -2.47. The molecule has 1 aliphatic rings.